The summed E-state index contributed by atoms with van der Waals surface area (Å²) in [5.41, 5.74) is 7.17. The molecule has 98 valence electrons. The lowest BCUT2D eigenvalue weighted by Crippen LogP contribution is -2.20. The molecule has 0 aliphatic rings. The molecule has 1 aromatic carbocycles. The minimum absolute atomic E-state index is 0.0595. The van der Waals surface area contributed by atoms with Crippen LogP contribution in [-0.4, -0.2) is 25.7 Å². The fraction of sp³-hybridized carbons (Fsp3) is 0.167. The Morgan fingerprint density at radius 2 is 2.21 bits per heavy atom. The third-order valence-electron chi connectivity index (χ3n) is 2.48. The maximum absolute atomic E-state index is 11.8. The third kappa shape index (κ3) is 3.35. The Morgan fingerprint density at radius 3 is 2.84 bits per heavy atom. The van der Waals surface area contributed by atoms with Gasteiger partial charge in [0, 0.05) is 5.69 Å². The monoisotopic (exact) mass is 275 g/mol. The van der Waals surface area contributed by atoms with Crippen molar-refractivity contribution < 1.29 is 4.79 Å². The van der Waals surface area contributed by atoms with E-state index < -0.39 is 0 Å². The maximum Gasteiger partial charge on any atom is 0.246 e. The first-order chi connectivity index (χ1) is 9.06. The van der Waals surface area contributed by atoms with Crippen LogP contribution in [0.5, 0.6) is 0 Å². The number of nitrogens with two attached hydrogens (primary N) is 1. The summed E-state index contributed by atoms with van der Waals surface area (Å²) in [4.78, 5) is 15.9. The summed E-state index contributed by atoms with van der Waals surface area (Å²) in [5, 5.41) is 6.80. The van der Waals surface area contributed by atoms with Crippen molar-refractivity contribution in [1.82, 2.24) is 14.8 Å². The summed E-state index contributed by atoms with van der Waals surface area (Å²) in [6.07, 6.45) is 1.42. The van der Waals surface area contributed by atoms with Gasteiger partial charge in [-0.25, -0.2) is 9.67 Å². The van der Waals surface area contributed by atoms with Crippen molar-refractivity contribution in [3.8, 4) is 0 Å². The molecule has 0 unspecified atom stereocenters. The molecule has 0 bridgehead atoms. The number of benzene rings is 1. The average Bonchev–Trinajstić information content (AvgIpc) is 2.80. The number of amides is 1. The van der Waals surface area contributed by atoms with Gasteiger partial charge in [0.15, 0.2) is 0 Å². The number of anilines is 1. The van der Waals surface area contributed by atoms with Gasteiger partial charge in [0.2, 0.25) is 11.7 Å². The van der Waals surface area contributed by atoms with Gasteiger partial charge in [0.1, 0.15) is 17.9 Å². The largest absolute Gasteiger partial charge is 0.387 e. The molecule has 7 heteroatoms. The minimum Gasteiger partial charge on any atom is -0.387 e. The number of hydrogen-bond donors (Lipinski definition) is 2. The Labute approximate surface area is 115 Å². The molecule has 1 heterocycles. The standard InChI is InChI=1S/C12H13N5OS/c1-8-4-2-3-5-9(8)15-10(18)6-17-7-14-12(16-17)11(13)19/h2-5,7H,6H2,1H3,(H2,13,19)(H,15,18). The number of nitrogens with zero attached hydrogens (tertiary/aromatic N) is 3. The topological polar surface area (TPSA) is 85.8 Å². The van der Waals surface area contributed by atoms with Gasteiger partial charge in [-0.15, -0.1) is 5.10 Å². The van der Waals surface area contributed by atoms with Crippen LogP contribution in [0, 0.1) is 6.92 Å². The van der Waals surface area contributed by atoms with E-state index in [2.05, 4.69) is 15.4 Å². The summed E-state index contributed by atoms with van der Waals surface area (Å²) in [7, 11) is 0. The number of nitrogens with one attached hydrogen (secondary N) is 1. The molecule has 2 aromatic rings. The molecule has 0 fully saturated rings. The molecule has 6 nitrogen and oxygen atoms in total. The lowest BCUT2D eigenvalue weighted by Gasteiger charge is -2.07. The fourth-order valence-corrected chi connectivity index (χ4v) is 1.63. The molecule has 0 saturated carbocycles. The van der Waals surface area contributed by atoms with Crippen molar-refractivity contribution in [3.05, 3.63) is 42.0 Å². The highest BCUT2D eigenvalue weighted by molar-refractivity contribution is 7.80. The van der Waals surface area contributed by atoms with E-state index in [1.807, 2.05) is 31.2 Å². The van der Waals surface area contributed by atoms with E-state index in [-0.39, 0.29) is 23.3 Å². The second-order valence-electron chi connectivity index (χ2n) is 3.99. The SMILES string of the molecule is Cc1ccccc1NC(=O)Cn1cnc(C(N)=S)n1. The van der Waals surface area contributed by atoms with Gasteiger partial charge in [0.25, 0.3) is 0 Å². The van der Waals surface area contributed by atoms with Crippen LogP contribution >= 0.6 is 12.2 Å². The van der Waals surface area contributed by atoms with Gasteiger partial charge in [-0.3, -0.25) is 4.79 Å². The maximum atomic E-state index is 11.8. The molecular weight excluding hydrogens is 262 g/mol. The normalized spacial score (nSPS) is 10.2. The van der Waals surface area contributed by atoms with E-state index in [9.17, 15) is 4.79 Å². The predicted molar refractivity (Wildman–Crippen MR) is 75.7 cm³/mol. The lowest BCUT2D eigenvalue weighted by atomic mass is 10.2. The number of para-hydroxylation sites is 1. The smallest absolute Gasteiger partial charge is 0.246 e. The van der Waals surface area contributed by atoms with Gasteiger partial charge in [-0.1, -0.05) is 30.4 Å². The Balaban J connectivity index is 2.01. The highest BCUT2D eigenvalue weighted by atomic mass is 32.1. The van der Waals surface area contributed by atoms with E-state index in [0.29, 0.717) is 0 Å². The number of carbonyl (C=O) groups excluding carboxylic acids is 1. The molecule has 1 amide bonds. The molecule has 0 saturated heterocycles. The fourth-order valence-electron chi connectivity index (χ4n) is 1.53. The molecule has 3 N–H and O–H groups in total. The van der Waals surface area contributed by atoms with Crippen molar-refractivity contribution in [1.29, 1.82) is 0 Å². The zero-order chi connectivity index (χ0) is 13.8. The molecule has 0 atom stereocenters. The summed E-state index contributed by atoms with van der Waals surface area (Å²) < 4.78 is 1.39. The molecule has 0 aliphatic carbocycles. The Morgan fingerprint density at radius 1 is 1.47 bits per heavy atom. The number of hydrogen-bond acceptors (Lipinski definition) is 4. The Bertz CT molecular complexity index is 622. The molecule has 0 spiro atoms. The summed E-state index contributed by atoms with van der Waals surface area (Å²) in [6.45, 7) is 1.99. The van der Waals surface area contributed by atoms with Gasteiger partial charge in [0.05, 0.1) is 0 Å². The average molecular weight is 275 g/mol. The molecule has 0 radical (unpaired) electrons. The van der Waals surface area contributed by atoms with Crippen LogP contribution < -0.4 is 11.1 Å². The number of thiocarbonyl (C=S) groups is 1. The van der Waals surface area contributed by atoms with Crippen LogP contribution in [-0.2, 0) is 11.3 Å². The van der Waals surface area contributed by atoms with Crippen molar-refractivity contribution in [3.63, 3.8) is 0 Å². The van der Waals surface area contributed by atoms with E-state index in [4.69, 9.17) is 18.0 Å². The van der Waals surface area contributed by atoms with Crippen LogP contribution in [0.2, 0.25) is 0 Å². The highest BCUT2D eigenvalue weighted by Gasteiger charge is 2.08. The van der Waals surface area contributed by atoms with Crippen LogP contribution in [0.3, 0.4) is 0 Å². The van der Waals surface area contributed by atoms with Gasteiger partial charge < -0.3 is 11.1 Å². The number of aryl methyl sites for hydroxylation is 1. The van der Waals surface area contributed by atoms with Crippen molar-refractivity contribution in [2.24, 2.45) is 5.73 Å². The molecular formula is C12H13N5OS. The summed E-state index contributed by atoms with van der Waals surface area (Å²) in [6, 6.07) is 7.55. The van der Waals surface area contributed by atoms with E-state index in [1.165, 1.54) is 11.0 Å². The summed E-state index contributed by atoms with van der Waals surface area (Å²) >= 11 is 4.75. The first-order valence-electron chi connectivity index (χ1n) is 5.61. The van der Waals surface area contributed by atoms with Crippen LogP contribution in [0.1, 0.15) is 11.4 Å². The van der Waals surface area contributed by atoms with E-state index in [0.717, 1.165) is 11.3 Å². The first-order valence-corrected chi connectivity index (χ1v) is 6.02. The zero-order valence-corrected chi connectivity index (χ0v) is 11.1. The zero-order valence-electron chi connectivity index (χ0n) is 10.3. The molecule has 1 aromatic heterocycles. The Kier molecular flexibility index (Phi) is 3.86. The van der Waals surface area contributed by atoms with Crippen molar-refractivity contribution in [2.45, 2.75) is 13.5 Å². The molecule has 0 aliphatic heterocycles. The van der Waals surface area contributed by atoms with E-state index in [1.54, 1.807) is 0 Å². The molecule has 19 heavy (non-hydrogen) atoms. The van der Waals surface area contributed by atoms with Crippen LogP contribution in [0.4, 0.5) is 5.69 Å². The number of aromatic nitrogens is 3. The van der Waals surface area contributed by atoms with Crippen molar-refractivity contribution in [2.75, 3.05) is 5.32 Å². The lowest BCUT2D eigenvalue weighted by molar-refractivity contribution is -0.116. The number of rotatable bonds is 4. The van der Waals surface area contributed by atoms with Crippen LogP contribution in [0.15, 0.2) is 30.6 Å². The van der Waals surface area contributed by atoms with Crippen LogP contribution in [0.25, 0.3) is 0 Å². The van der Waals surface area contributed by atoms with Crippen molar-refractivity contribution >= 4 is 28.8 Å². The Hall–Kier alpha value is -2.28. The predicted octanol–water partition coefficient (Wildman–Crippen LogP) is 0.859. The highest BCUT2D eigenvalue weighted by Crippen LogP contribution is 2.12. The minimum atomic E-state index is -0.186. The second-order valence-corrected chi connectivity index (χ2v) is 4.43. The first kappa shape index (κ1) is 13.2. The van der Waals surface area contributed by atoms with Gasteiger partial charge >= 0.3 is 0 Å². The van der Waals surface area contributed by atoms with E-state index >= 15 is 0 Å². The second kappa shape index (κ2) is 5.57. The van der Waals surface area contributed by atoms with Gasteiger partial charge in [-0.2, -0.15) is 0 Å². The summed E-state index contributed by atoms with van der Waals surface area (Å²) in [5.74, 6) is 0.0763. The molecule has 2 rings (SSSR count). The number of carbonyl (C=O) groups is 1. The van der Waals surface area contributed by atoms with Gasteiger partial charge in [-0.05, 0) is 18.6 Å². The third-order valence-corrected chi connectivity index (χ3v) is 2.66. The quantitative estimate of drug-likeness (QED) is 0.808.